The number of hydrogen-bond acceptors (Lipinski definition) is 4. The largest absolute Gasteiger partial charge is 0.332 e. The molecule has 3 rings (SSSR count). The number of hydrogen-bond donors (Lipinski definition) is 1. The lowest BCUT2D eigenvalue weighted by molar-refractivity contribution is 0.526. The maximum absolute atomic E-state index is 12.7. The number of imidazole rings is 1. The average molecular weight is 291 g/mol. The van der Waals surface area contributed by atoms with Crippen LogP contribution in [-0.2, 0) is 6.54 Å². The van der Waals surface area contributed by atoms with Gasteiger partial charge in [-0.15, -0.1) is 0 Å². The van der Waals surface area contributed by atoms with E-state index in [0.717, 1.165) is 19.5 Å². The number of nitrogens with one attached hydrogen (secondary N) is 1. The van der Waals surface area contributed by atoms with Gasteiger partial charge in [-0.2, -0.15) is 0 Å². The van der Waals surface area contributed by atoms with Crippen LogP contribution in [0.5, 0.6) is 0 Å². The summed E-state index contributed by atoms with van der Waals surface area (Å²) >= 11 is 0. The SMILES string of the molecule is CCn1c(=O)c2c(ncn2C2CCNC2)n(C(C)C)c1=O. The van der Waals surface area contributed by atoms with Gasteiger partial charge in [-0.1, -0.05) is 0 Å². The second-order valence-corrected chi connectivity index (χ2v) is 5.77. The molecule has 3 heterocycles. The summed E-state index contributed by atoms with van der Waals surface area (Å²) in [5, 5.41) is 3.30. The second kappa shape index (κ2) is 5.14. The number of rotatable bonds is 3. The molecule has 1 saturated heterocycles. The molecule has 114 valence electrons. The number of nitrogens with zero attached hydrogens (tertiary/aromatic N) is 4. The van der Waals surface area contributed by atoms with Gasteiger partial charge >= 0.3 is 5.69 Å². The molecular formula is C14H21N5O2. The Kier molecular flexibility index (Phi) is 3.44. The first-order chi connectivity index (χ1) is 10.1. The lowest BCUT2D eigenvalue weighted by atomic mass is 10.2. The lowest BCUT2D eigenvalue weighted by Gasteiger charge is -2.15. The fourth-order valence-electron chi connectivity index (χ4n) is 3.07. The van der Waals surface area contributed by atoms with Crippen molar-refractivity contribution in [3.63, 3.8) is 0 Å². The second-order valence-electron chi connectivity index (χ2n) is 5.77. The first-order valence-corrected chi connectivity index (χ1v) is 7.48. The third kappa shape index (κ3) is 2.03. The molecule has 1 aliphatic rings. The molecule has 0 amide bonds. The van der Waals surface area contributed by atoms with E-state index in [1.807, 2.05) is 25.3 Å². The molecule has 0 spiro atoms. The Morgan fingerprint density at radius 3 is 2.76 bits per heavy atom. The Hall–Kier alpha value is -1.89. The van der Waals surface area contributed by atoms with E-state index in [0.29, 0.717) is 17.7 Å². The predicted octanol–water partition coefficient (Wildman–Crippen LogP) is 0.495. The van der Waals surface area contributed by atoms with Crippen molar-refractivity contribution in [1.29, 1.82) is 0 Å². The topological polar surface area (TPSA) is 73.8 Å². The summed E-state index contributed by atoms with van der Waals surface area (Å²) in [4.78, 5) is 29.5. The molecule has 7 heteroatoms. The van der Waals surface area contributed by atoms with Crippen molar-refractivity contribution in [1.82, 2.24) is 24.0 Å². The molecule has 2 aromatic rings. The van der Waals surface area contributed by atoms with Gasteiger partial charge in [0.1, 0.15) is 0 Å². The monoisotopic (exact) mass is 291 g/mol. The van der Waals surface area contributed by atoms with Crippen molar-refractivity contribution in [2.75, 3.05) is 13.1 Å². The lowest BCUT2D eigenvalue weighted by Crippen LogP contribution is -2.41. The van der Waals surface area contributed by atoms with Gasteiger partial charge in [0.05, 0.1) is 6.33 Å². The van der Waals surface area contributed by atoms with Crippen LogP contribution in [0.25, 0.3) is 11.2 Å². The Morgan fingerprint density at radius 1 is 1.43 bits per heavy atom. The summed E-state index contributed by atoms with van der Waals surface area (Å²) in [6.07, 6.45) is 2.67. The van der Waals surface area contributed by atoms with Crippen LogP contribution in [0.3, 0.4) is 0 Å². The van der Waals surface area contributed by atoms with E-state index in [4.69, 9.17) is 0 Å². The average Bonchev–Trinajstić information content (AvgIpc) is 3.06. The van der Waals surface area contributed by atoms with Gasteiger partial charge in [0.25, 0.3) is 5.56 Å². The van der Waals surface area contributed by atoms with Crippen molar-refractivity contribution < 1.29 is 0 Å². The highest BCUT2D eigenvalue weighted by Crippen LogP contribution is 2.20. The third-order valence-electron chi connectivity index (χ3n) is 4.15. The molecule has 21 heavy (non-hydrogen) atoms. The highest BCUT2D eigenvalue weighted by Gasteiger charge is 2.24. The fourth-order valence-corrected chi connectivity index (χ4v) is 3.07. The van der Waals surface area contributed by atoms with E-state index in [1.165, 1.54) is 4.57 Å². The van der Waals surface area contributed by atoms with E-state index >= 15 is 0 Å². The van der Waals surface area contributed by atoms with Crippen LogP contribution in [0.4, 0.5) is 0 Å². The molecule has 7 nitrogen and oxygen atoms in total. The van der Waals surface area contributed by atoms with Crippen molar-refractivity contribution >= 4 is 11.2 Å². The van der Waals surface area contributed by atoms with Crippen LogP contribution < -0.4 is 16.6 Å². The maximum Gasteiger partial charge on any atom is 0.332 e. The summed E-state index contributed by atoms with van der Waals surface area (Å²) in [6.45, 7) is 7.82. The number of aromatic nitrogens is 4. The van der Waals surface area contributed by atoms with Crippen molar-refractivity contribution in [3.8, 4) is 0 Å². The number of fused-ring (bicyclic) bond motifs is 1. The van der Waals surface area contributed by atoms with Crippen LogP contribution in [0.2, 0.25) is 0 Å². The highest BCUT2D eigenvalue weighted by atomic mass is 16.2. The summed E-state index contributed by atoms with van der Waals surface area (Å²) in [7, 11) is 0. The van der Waals surface area contributed by atoms with E-state index in [1.54, 1.807) is 10.9 Å². The molecule has 0 aromatic carbocycles. The van der Waals surface area contributed by atoms with E-state index in [2.05, 4.69) is 10.3 Å². The van der Waals surface area contributed by atoms with E-state index < -0.39 is 0 Å². The molecule has 1 aliphatic heterocycles. The molecule has 0 aliphatic carbocycles. The van der Waals surface area contributed by atoms with Crippen LogP contribution in [0.1, 0.15) is 39.3 Å². The Bertz CT molecular complexity index is 777. The zero-order valence-electron chi connectivity index (χ0n) is 12.7. The summed E-state index contributed by atoms with van der Waals surface area (Å²) in [5.74, 6) is 0. The minimum Gasteiger partial charge on any atom is -0.320 e. The summed E-state index contributed by atoms with van der Waals surface area (Å²) < 4.78 is 4.84. The van der Waals surface area contributed by atoms with E-state index in [-0.39, 0.29) is 23.3 Å². The molecule has 2 aromatic heterocycles. The van der Waals surface area contributed by atoms with Crippen LogP contribution in [-0.4, -0.2) is 31.8 Å². The Labute approximate surface area is 122 Å². The minimum atomic E-state index is -0.278. The van der Waals surface area contributed by atoms with Crippen LogP contribution in [0, 0.1) is 0 Å². The molecule has 0 bridgehead atoms. The molecule has 0 saturated carbocycles. The van der Waals surface area contributed by atoms with E-state index in [9.17, 15) is 9.59 Å². The van der Waals surface area contributed by atoms with Gasteiger partial charge in [0.2, 0.25) is 0 Å². The smallest absolute Gasteiger partial charge is 0.320 e. The zero-order valence-corrected chi connectivity index (χ0v) is 12.7. The summed E-state index contributed by atoms with van der Waals surface area (Å²) in [5.41, 5.74) is 0.522. The normalized spacial score (nSPS) is 19.0. The van der Waals surface area contributed by atoms with Crippen molar-refractivity contribution in [2.24, 2.45) is 0 Å². The fraction of sp³-hybridized carbons (Fsp3) is 0.643. The summed E-state index contributed by atoms with van der Waals surface area (Å²) in [6, 6.07) is 0.189. The Balaban J connectivity index is 2.38. The van der Waals surface area contributed by atoms with Crippen LogP contribution in [0.15, 0.2) is 15.9 Å². The standard InChI is InChI=1S/C14H21N5O2/c1-4-17-13(20)11-12(19(9(2)3)14(17)21)16-8-18(11)10-5-6-15-7-10/h8-10,15H,4-7H2,1-3H3. The molecular weight excluding hydrogens is 270 g/mol. The van der Waals surface area contributed by atoms with Crippen molar-refractivity contribution in [3.05, 3.63) is 27.2 Å². The highest BCUT2D eigenvalue weighted by molar-refractivity contribution is 5.70. The van der Waals surface area contributed by atoms with Gasteiger partial charge in [-0.25, -0.2) is 9.78 Å². The van der Waals surface area contributed by atoms with Crippen molar-refractivity contribution in [2.45, 2.75) is 45.8 Å². The molecule has 1 N–H and O–H groups in total. The molecule has 0 radical (unpaired) electrons. The van der Waals surface area contributed by atoms with Gasteiger partial charge in [0, 0.05) is 25.2 Å². The quantitative estimate of drug-likeness (QED) is 0.893. The van der Waals surface area contributed by atoms with Gasteiger partial charge in [-0.05, 0) is 33.7 Å². The maximum atomic E-state index is 12.7. The predicted molar refractivity (Wildman–Crippen MR) is 80.8 cm³/mol. The third-order valence-corrected chi connectivity index (χ3v) is 4.15. The molecule has 1 fully saturated rings. The van der Waals surface area contributed by atoms with Gasteiger partial charge < -0.3 is 9.88 Å². The first kappa shape index (κ1) is 14.1. The van der Waals surface area contributed by atoms with Gasteiger partial charge in [0.15, 0.2) is 11.2 Å². The molecule has 1 atom stereocenters. The first-order valence-electron chi connectivity index (χ1n) is 7.48. The van der Waals surface area contributed by atoms with Gasteiger partial charge in [-0.3, -0.25) is 13.9 Å². The minimum absolute atomic E-state index is 0.0385. The molecule has 1 unspecified atom stereocenters. The Morgan fingerprint density at radius 2 is 2.19 bits per heavy atom. The van der Waals surface area contributed by atoms with Crippen LogP contribution >= 0.6 is 0 Å². The zero-order chi connectivity index (χ0) is 15.1.